The van der Waals surface area contributed by atoms with E-state index in [0.29, 0.717) is 69.8 Å². The van der Waals surface area contributed by atoms with Gasteiger partial charge in [0, 0.05) is 95.5 Å². The Bertz CT molecular complexity index is 1870. The normalized spacial score (nSPS) is 21.6. The van der Waals surface area contributed by atoms with E-state index in [1.54, 1.807) is 55.9 Å². The molecular formula is C34H46N8O4. The van der Waals surface area contributed by atoms with Gasteiger partial charge in [0.05, 0.1) is 11.1 Å². The Hall–Kier alpha value is -4.16. The first-order valence-corrected chi connectivity index (χ1v) is 16.4. The zero-order chi connectivity index (χ0) is 32.7. The van der Waals surface area contributed by atoms with Crippen molar-refractivity contribution in [3.05, 3.63) is 68.8 Å². The molecule has 6 rings (SSSR count). The smallest absolute Gasteiger partial charge is 0.274 e. The van der Waals surface area contributed by atoms with Gasteiger partial charge in [-0.2, -0.15) is 0 Å². The van der Waals surface area contributed by atoms with Gasteiger partial charge in [-0.05, 0) is 62.7 Å². The summed E-state index contributed by atoms with van der Waals surface area (Å²) >= 11 is 0. The molecule has 0 aliphatic carbocycles. The van der Waals surface area contributed by atoms with Crippen molar-refractivity contribution in [2.45, 2.75) is 32.7 Å². The maximum absolute atomic E-state index is 13.5. The lowest BCUT2D eigenvalue weighted by atomic mass is 9.81. The van der Waals surface area contributed by atoms with Crippen LogP contribution in [-0.4, -0.2) is 105 Å². The molecule has 0 bridgehead atoms. The number of aryl methyl sites for hydroxylation is 2. The van der Waals surface area contributed by atoms with Gasteiger partial charge in [0.1, 0.15) is 11.0 Å². The summed E-state index contributed by atoms with van der Waals surface area (Å²) in [5.41, 5.74) is 1.66. The molecule has 6 heterocycles. The summed E-state index contributed by atoms with van der Waals surface area (Å²) in [6, 6.07) is 3.98. The number of pyridine rings is 2. The number of aromatic nitrogens is 4. The maximum atomic E-state index is 13.5. The molecule has 4 aromatic heterocycles. The average Bonchev–Trinajstić information content (AvgIpc) is 3.82. The van der Waals surface area contributed by atoms with Crippen LogP contribution in [0.15, 0.2) is 46.5 Å². The molecule has 246 valence electrons. The van der Waals surface area contributed by atoms with Crippen molar-refractivity contribution < 1.29 is 9.59 Å². The van der Waals surface area contributed by atoms with E-state index in [-0.39, 0.29) is 22.9 Å². The van der Waals surface area contributed by atoms with E-state index in [0.717, 1.165) is 45.6 Å². The number of aromatic amines is 2. The molecule has 4 unspecified atom stereocenters. The van der Waals surface area contributed by atoms with Crippen molar-refractivity contribution in [2.75, 3.05) is 52.9 Å². The second kappa shape index (κ2) is 12.9. The minimum atomic E-state index is -0.170. The van der Waals surface area contributed by atoms with Crippen LogP contribution in [-0.2, 0) is 14.1 Å². The summed E-state index contributed by atoms with van der Waals surface area (Å²) in [6.07, 6.45) is 8.82. The number of nitrogens with one attached hydrogen (secondary N) is 3. The van der Waals surface area contributed by atoms with Crippen molar-refractivity contribution in [2.24, 2.45) is 31.8 Å². The van der Waals surface area contributed by atoms with Crippen molar-refractivity contribution in [3.8, 4) is 0 Å². The van der Waals surface area contributed by atoms with Crippen LogP contribution in [0.3, 0.4) is 0 Å². The topological polar surface area (TPSA) is 131 Å². The molecule has 0 spiro atoms. The molecule has 2 aliphatic heterocycles. The van der Waals surface area contributed by atoms with Gasteiger partial charge in [-0.15, -0.1) is 0 Å². The minimum Gasteiger partial charge on any atom is -0.357 e. The number of nitrogens with zero attached hydrogens (tertiary/aromatic N) is 5. The Balaban J connectivity index is 1.01. The van der Waals surface area contributed by atoms with Crippen LogP contribution < -0.4 is 16.4 Å². The van der Waals surface area contributed by atoms with E-state index in [1.807, 2.05) is 7.05 Å². The van der Waals surface area contributed by atoms with Crippen molar-refractivity contribution in [1.29, 1.82) is 0 Å². The van der Waals surface area contributed by atoms with Crippen molar-refractivity contribution >= 4 is 33.6 Å². The average molecular weight is 631 g/mol. The summed E-state index contributed by atoms with van der Waals surface area (Å²) < 4.78 is 2.91. The van der Waals surface area contributed by atoms with Gasteiger partial charge >= 0.3 is 0 Å². The van der Waals surface area contributed by atoms with Gasteiger partial charge in [-0.3, -0.25) is 24.1 Å². The lowest BCUT2D eigenvalue weighted by Gasteiger charge is -2.43. The summed E-state index contributed by atoms with van der Waals surface area (Å²) in [5.74, 6) is 1.27. The zero-order valence-electron chi connectivity index (χ0n) is 27.5. The first-order chi connectivity index (χ1) is 22.0. The molecule has 2 saturated heterocycles. The van der Waals surface area contributed by atoms with Gasteiger partial charge in [0.2, 0.25) is 0 Å². The SMILES string of the molecule is CC1CCN(CCNC(=O)c2cn(C)c(=O)c3[nH]ccc23)CC1C(C)N1CCC(CN(C)C(=O)c2cn(C)c(=O)c3[nH]ccc23)C1. The van der Waals surface area contributed by atoms with Crippen LogP contribution in [0.5, 0.6) is 0 Å². The van der Waals surface area contributed by atoms with Crippen LogP contribution >= 0.6 is 0 Å². The predicted octanol–water partition coefficient (Wildman–Crippen LogP) is 2.22. The molecule has 4 aromatic rings. The van der Waals surface area contributed by atoms with Crippen LogP contribution in [0.1, 0.15) is 47.4 Å². The fourth-order valence-electron chi connectivity index (χ4n) is 7.64. The van der Waals surface area contributed by atoms with E-state index < -0.39 is 0 Å². The summed E-state index contributed by atoms with van der Waals surface area (Å²) in [4.78, 5) is 64.1. The number of likely N-dealkylation sites (tertiary alicyclic amines) is 2. The van der Waals surface area contributed by atoms with Crippen molar-refractivity contribution in [3.63, 3.8) is 0 Å². The highest BCUT2D eigenvalue weighted by Crippen LogP contribution is 2.31. The highest BCUT2D eigenvalue weighted by atomic mass is 16.2. The van der Waals surface area contributed by atoms with Crippen molar-refractivity contribution in [1.82, 2.24) is 39.1 Å². The van der Waals surface area contributed by atoms with E-state index in [4.69, 9.17) is 0 Å². The molecule has 2 amide bonds. The number of piperidine rings is 1. The number of carbonyl (C=O) groups is 2. The number of carbonyl (C=O) groups excluding carboxylic acids is 2. The molecule has 12 nitrogen and oxygen atoms in total. The first-order valence-electron chi connectivity index (χ1n) is 16.4. The lowest BCUT2D eigenvalue weighted by Crippen LogP contribution is -2.50. The third-order valence-corrected chi connectivity index (χ3v) is 10.5. The summed E-state index contributed by atoms with van der Waals surface area (Å²) in [6.45, 7) is 10.7. The quantitative estimate of drug-likeness (QED) is 0.260. The maximum Gasteiger partial charge on any atom is 0.274 e. The fraction of sp³-hybridized carbons (Fsp3) is 0.529. The summed E-state index contributed by atoms with van der Waals surface area (Å²) in [7, 11) is 5.19. The Morgan fingerprint density at radius 3 is 2.26 bits per heavy atom. The zero-order valence-corrected chi connectivity index (χ0v) is 27.5. The predicted molar refractivity (Wildman–Crippen MR) is 179 cm³/mol. The Morgan fingerprint density at radius 1 is 0.957 bits per heavy atom. The Morgan fingerprint density at radius 2 is 1.59 bits per heavy atom. The third kappa shape index (κ3) is 6.03. The number of hydrogen-bond donors (Lipinski definition) is 3. The van der Waals surface area contributed by atoms with E-state index in [9.17, 15) is 19.2 Å². The van der Waals surface area contributed by atoms with Gasteiger partial charge < -0.3 is 34.2 Å². The number of hydrogen-bond acceptors (Lipinski definition) is 6. The lowest BCUT2D eigenvalue weighted by molar-refractivity contribution is 0.0590. The van der Waals surface area contributed by atoms with Gasteiger partial charge in [-0.1, -0.05) is 6.92 Å². The molecule has 2 aliphatic rings. The summed E-state index contributed by atoms with van der Waals surface area (Å²) in [5, 5.41) is 4.39. The second-order valence-electron chi connectivity index (χ2n) is 13.5. The van der Waals surface area contributed by atoms with Gasteiger partial charge in [-0.25, -0.2) is 0 Å². The molecule has 3 N–H and O–H groups in total. The number of amides is 2. The molecule has 2 fully saturated rings. The first kappa shape index (κ1) is 31.8. The van der Waals surface area contributed by atoms with E-state index >= 15 is 0 Å². The number of fused-ring (bicyclic) bond motifs is 2. The number of H-pyrrole nitrogens is 2. The molecule has 4 atom stereocenters. The molecule has 46 heavy (non-hydrogen) atoms. The molecule has 0 saturated carbocycles. The highest BCUT2D eigenvalue weighted by Gasteiger charge is 2.36. The fourth-order valence-corrected chi connectivity index (χ4v) is 7.64. The van der Waals surface area contributed by atoms with Gasteiger partial charge in [0.25, 0.3) is 22.9 Å². The van der Waals surface area contributed by atoms with Crippen LogP contribution in [0, 0.1) is 17.8 Å². The number of rotatable bonds is 9. The molecular weight excluding hydrogens is 584 g/mol. The highest BCUT2D eigenvalue weighted by molar-refractivity contribution is 6.06. The Labute approximate surface area is 268 Å². The van der Waals surface area contributed by atoms with Crippen LogP contribution in [0.4, 0.5) is 0 Å². The minimum absolute atomic E-state index is 0.0656. The standard InChI is InChI=1S/C34H46N8O4/c1-21-8-13-41(15-12-37-31(43)27-18-39(4)33(45)29-24(27)6-10-35-29)20-26(21)22(2)42-14-9-23(17-42)16-38(3)32(44)28-19-40(5)34(46)30-25(28)7-11-36-30/h6-7,10-11,18-19,21-23,26,35-36H,8-9,12-17,20H2,1-5H3,(H,37,43). The monoisotopic (exact) mass is 630 g/mol. The van der Waals surface area contributed by atoms with E-state index in [1.165, 1.54) is 9.13 Å². The van der Waals surface area contributed by atoms with Crippen LogP contribution in [0.25, 0.3) is 21.8 Å². The second-order valence-corrected chi connectivity index (χ2v) is 13.5. The molecule has 0 radical (unpaired) electrons. The molecule has 0 aromatic carbocycles. The van der Waals surface area contributed by atoms with Gasteiger partial charge in [0.15, 0.2) is 0 Å². The largest absolute Gasteiger partial charge is 0.357 e. The molecule has 12 heteroatoms. The third-order valence-electron chi connectivity index (χ3n) is 10.5. The van der Waals surface area contributed by atoms with E-state index in [2.05, 4.69) is 38.9 Å². The Kier molecular flexibility index (Phi) is 8.93. The van der Waals surface area contributed by atoms with Crippen LogP contribution in [0.2, 0.25) is 0 Å².